The van der Waals surface area contributed by atoms with E-state index in [1.54, 1.807) is 22.6 Å². The molecule has 1 aromatic heterocycles. The number of rotatable bonds is 5. The van der Waals surface area contributed by atoms with Crippen LogP contribution in [0.3, 0.4) is 0 Å². The van der Waals surface area contributed by atoms with Crippen LogP contribution in [0.4, 0.5) is 0 Å². The Labute approximate surface area is 177 Å². The summed E-state index contributed by atoms with van der Waals surface area (Å²) in [7, 11) is -3.53. The summed E-state index contributed by atoms with van der Waals surface area (Å²) in [5.74, 6) is 0.0577. The Kier molecular flexibility index (Phi) is 5.77. The van der Waals surface area contributed by atoms with Crippen LogP contribution in [0.1, 0.15) is 29.3 Å². The minimum Gasteiger partial charge on any atom is -0.360 e. The van der Waals surface area contributed by atoms with E-state index in [1.807, 2.05) is 50.2 Å². The predicted molar refractivity (Wildman–Crippen MR) is 118 cm³/mol. The molecule has 0 radical (unpaired) electrons. The van der Waals surface area contributed by atoms with Gasteiger partial charge >= 0.3 is 0 Å². The number of Topliss-reactive ketones (excluding diaryl/α,β-unsaturated/α-hetero) is 1. The molecule has 0 aliphatic carbocycles. The number of carbonyl (C=O) groups is 1. The molecule has 0 amide bonds. The van der Waals surface area contributed by atoms with Crippen molar-refractivity contribution in [3.8, 4) is 0 Å². The van der Waals surface area contributed by atoms with Crippen molar-refractivity contribution in [3.63, 3.8) is 0 Å². The Hall–Kier alpha value is -2.48. The molecule has 6 nitrogen and oxygen atoms in total. The lowest BCUT2D eigenvalue weighted by atomic mass is 10.0. The second-order valence-electron chi connectivity index (χ2n) is 7.89. The number of aromatic nitrogens is 1. The van der Waals surface area contributed by atoms with Gasteiger partial charge in [-0.25, -0.2) is 8.42 Å². The van der Waals surface area contributed by atoms with Crippen molar-refractivity contribution >= 4 is 26.7 Å². The summed E-state index contributed by atoms with van der Waals surface area (Å²) in [5, 5.41) is 0.924. The van der Waals surface area contributed by atoms with Crippen LogP contribution in [0.25, 0.3) is 10.9 Å². The number of ketones is 1. The number of hydrogen-bond acceptors (Lipinski definition) is 4. The number of hydrogen-bond donors (Lipinski definition) is 1. The lowest BCUT2D eigenvalue weighted by molar-refractivity contribution is 0.0847. The van der Waals surface area contributed by atoms with Crippen molar-refractivity contribution in [1.82, 2.24) is 14.2 Å². The van der Waals surface area contributed by atoms with Gasteiger partial charge in [0.15, 0.2) is 5.78 Å². The zero-order valence-electron chi connectivity index (χ0n) is 17.3. The maximum absolute atomic E-state index is 13.2. The topological polar surface area (TPSA) is 73.5 Å². The average molecular weight is 426 g/mol. The first-order valence-electron chi connectivity index (χ1n) is 10.3. The highest BCUT2D eigenvalue weighted by Gasteiger charge is 2.30. The summed E-state index contributed by atoms with van der Waals surface area (Å²) in [5.41, 5.74) is 2.66. The number of nitrogens with zero attached hydrogens (tertiary/aromatic N) is 2. The van der Waals surface area contributed by atoms with Crippen LogP contribution in [0.2, 0.25) is 0 Å². The third kappa shape index (κ3) is 3.93. The van der Waals surface area contributed by atoms with E-state index in [1.165, 1.54) is 0 Å². The van der Waals surface area contributed by atoms with Crippen LogP contribution in [0.15, 0.2) is 59.6 Å². The monoisotopic (exact) mass is 425 g/mol. The second-order valence-corrected chi connectivity index (χ2v) is 9.83. The van der Waals surface area contributed by atoms with Gasteiger partial charge in [-0.05, 0) is 38.5 Å². The van der Waals surface area contributed by atoms with E-state index in [2.05, 4.69) is 9.88 Å². The predicted octanol–water partition coefficient (Wildman–Crippen LogP) is 3.44. The minimum absolute atomic E-state index is 0.0577. The fourth-order valence-corrected chi connectivity index (χ4v) is 5.54. The molecule has 2 heterocycles. The van der Waals surface area contributed by atoms with E-state index in [-0.39, 0.29) is 11.8 Å². The average Bonchev–Trinajstić information content (AvgIpc) is 3.01. The summed E-state index contributed by atoms with van der Waals surface area (Å²) in [4.78, 5) is 18.7. The number of nitrogens with one attached hydrogen (secondary N) is 1. The molecule has 4 rings (SSSR count). The highest BCUT2D eigenvalue weighted by molar-refractivity contribution is 7.89. The summed E-state index contributed by atoms with van der Waals surface area (Å²) < 4.78 is 27.6. The minimum atomic E-state index is -3.53. The first-order chi connectivity index (χ1) is 14.4. The second kappa shape index (κ2) is 8.34. The lowest BCUT2D eigenvalue weighted by Crippen LogP contribution is -2.42. The SMILES string of the molecule is Cc1ccc(S(=O)(=O)N2CCCN(C(C)C(=O)c3c[nH]c4ccccc34)CC2)cc1. The number of para-hydroxylation sites is 1. The number of H-pyrrole nitrogens is 1. The van der Waals surface area contributed by atoms with E-state index in [4.69, 9.17) is 0 Å². The standard InChI is InChI=1S/C23H27N3O3S/c1-17-8-10-19(11-9-17)30(28,29)26-13-5-12-25(14-15-26)18(2)23(27)21-16-24-22-7-4-3-6-20(21)22/h3-4,6-11,16,18,24H,5,12-15H2,1-2H3. The van der Waals surface area contributed by atoms with E-state index in [0.717, 1.165) is 16.5 Å². The van der Waals surface area contributed by atoms with Gasteiger partial charge in [0.05, 0.1) is 10.9 Å². The number of aromatic amines is 1. The van der Waals surface area contributed by atoms with Crippen LogP contribution in [0, 0.1) is 6.92 Å². The Bertz CT molecular complexity index is 1150. The number of carbonyl (C=O) groups excluding carboxylic acids is 1. The molecule has 0 saturated carbocycles. The fourth-order valence-electron chi connectivity index (χ4n) is 4.07. The van der Waals surface area contributed by atoms with Gasteiger partial charge in [0.1, 0.15) is 0 Å². The quantitative estimate of drug-likeness (QED) is 0.636. The van der Waals surface area contributed by atoms with Gasteiger partial charge in [0.25, 0.3) is 0 Å². The van der Waals surface area contributed by atoms with Crippen molar-refractivity contribution in [3.05, 3.63) is 65.9 Å². The zero-order chi connectivity index (χ0) is 21.3. The third-order valence-electron chi connectivity index (χ3n) is 5.93. The van der Waals surface area contributed by atoms with Gasteiger partial charge < -0.3 is 4.98 Å². The number of sulfonamides is 1. The van der Waals surface area contributed by atoms with Crippen LogP contribution >= 0.6 is 0 Å². The Morgan fingerprint density at radius 2 is 1.73 bits per heavy atom. The molecule has 1 N–H and O–H groups in total. The first kappa shape index (κ1) is 20.8. The van der Waals surface area contributed by atoms with Crippen molar-refractivity contribution in [1.29, 1.82) is 0 Å². The molecule has 1 aliphatic rings. The molecule has 0 spiro atoms. The Morgan fingerprint density at radius 3 is 2.50 bits per heavy atom. The number of benzene rings is 2. The fraction of sp³-hybridized carbons (Fsp3) is 0.348. The summed E-state index contributed by atoms with van der Waals surface area (Å²) >= 11 is 0. The summed E-state index contributed by atoms with van der Waals surface area (Å²) in [6.07, 6.45) is 2.46. The molecule has 1 unspecified atom stereocenters. The van der Waals surface area contributed by atoms with E-state index in [0.29, 0.717) is 43.1 Å². The molecular formula is C23H27N3O3S. The molecule has 1 fully saturated rings. The molecule has 1 saturated heterocycles. The van der Waals surface area contributed by atoms with Crippen LogP contribution in [-0.4, -0.2) is 60.6 Å². The first-order valence-corrected chi connectivity index (χ1v) is 11.7. The van der Waals surface area contributed by atoms with Crippen molar-refractivity contribution < 1.29 is 13.2 Å². The van der Waals surface area contributed by atoms with E-state index >= 15 is 0 Å². The molecule has 1 aliphatic heterocycles. The Balaban J connectivity index is 1.48. The highest BCUT2D eigenvalue weighted by atomic mass is 32.2. The summed E-state index contributed by atoms with van der Waals surface area (Å²) in [6.45, 7) is 5.90. The van der Waals surface area contributed by atoms with Crippen molar-refractivity contribution in [2.24, 2.45) is 0 Å². The van der Waals surface area contributed by atoms with Gasteiger partial charge in [-0.15, -0.1) is 0 Å². The van der Waals surface area contributed by atoms with Gasteiger partial charge in [-0.2, -0.15) is 4.31 Å². The maximum atomic E-state index is 13.2. The van der Waals surface area contributed by atoms with Gasteiger partial charge in [-0.3, -0.25) is 9.69 Å². The maximum Gasteiger partial charge on any atom is 0.243 e. The Morgan fingerprint density at radius 1 is 1.00 bits per heavy atom. The lowest BCUT2D eigenvalue weighted by Gasteiger charge is -2.26. The molecule has 2 aromatic carbocycles. The van der Waals surface area contributed by atoms with Gasteiger partial charge in [0.2, 0.25) is 10.0 Å². The van der Waals surface area contributed by atoms with Crippen molar-refractivity contribution in [2.75, 3.05) is 26.2 Å². The van der Waals surface area contributed by atoms with Gasteiger partial charge in [0, 0.05) is 48.8 Å². The van der Waals surface area contributed by atoms with Crippen LogP contribution in [0.5, 0.6) is 0 Å². The smallest absolute Gasteiger partial charge is 0.243 e. The third-order valence-corrected chi connectivity index (χ3v) is 7.84. The number of aryl methyl sites for hydroxylation is 1. The number of fused-ring (bicyclic) bond motifs is 1. The summed E-state index contributed by atoms with van der Waals surface area (Å²) in [6, 6.07) is 14.4. The zero-order valence-corrected chi connectivity index (χ0v) is 18.2. The highest BCUT2D eigenvalue weighted by Crippen LogP contribution is 2.23. The molecule has 30 heavy (non-hydrogen) atoms. The molecular weight excluding hydrogens is 398 g/mol. The largest absolute Gasteiger partial charge is 0.360 e. The van der Waals surface area contributed by atoms with Crippen LogP contribution < -0.4 is 0 Å². The van der Waals surface area contributed by atoms with E-state index < -0.39 is 10.0 Å². The molecule has 3 aromatic rings. The molecule has 7 heteroatoms. The van der Waals surface area contributed by atoms with Crippen molar-refractivity contribution in [2.45, 2.75) is 31.2 Å². The molecule has 1 atom stereocenters. The normalized spacial score (nSPS) is 17.7. The van der Waals surface area contributed by atoms with Crippen LogP contribution in [-0.2, 0) is 10.0 Å². The molecule has 0 bridgehead atoms. The van der Waals surface area contributed by atoms with E-state index in [9.17, 15) is 13.2 Å². The van der Waals surface area contributed by atoms with Gasteiger partial charge in [-0.1, -0.05) is 35.9 Å². The molecule has 158 valence electrons.